The van der Waals surface area contributed by atoms with Crippen LogP contribution in [0.5, 0.6) is 0 Å². The van der Waals surface area contributed by atoms with Gasteiger partial charge in [-0.05, 0) is 44.9 Å². The summed E-state index contributed by atoms with van der Waals surface area (Å²) in [7, 11) is 0. The molecule has 5 heteroatoms. The molecule has 0 aromatic carbocycles. The zero-order valence-corrected chi connectivity index (χ0v) is 14.4. The predicted molar refractivity (Wildman–Crippen MR) is 85.5 cm³/mol. The highest BCUT2D eigenvalue weighted by Crippen LogP contribution is 2.55. The van der Waals surface area contributed by atoms with Crippen LogP contribution in [0, 0.1) is 23.7 Å². The quantitative estimate of drug-likeness (QED) is 0.727. The zero-order chi connectivity index (χ0) is 15.9. The van der Waals surface area contributed by atoms with Gasteiger partial charge in [0, 0.05) is 16.9 Å². The average molecular weight is 326 g/mol. The third-order valence-corrected chi connectivity index (χ3v) is 6.91. The number of hydrogen-bond acceptors (Lipinski definition) is 5. The van der Waals surface area contributed by atoms with E-state index >= 15 is 0 Å². The molecule has 6 unspecified atom stereocenters. The second-order valence-corrected chi connectivity index (χ2v) is 8.54. The van der Waals surface area contributed by atoms with E-state index in [-0.39, 0.29) is 30.1 Å². The maximum atomic E-state index is 12.3. The molecular formula is C17H26O4S. The van der Waals surface area contributed by atoms with Crippen molar-refractivity contribution in [3.8, 4) is 0 Å². The first kappa shape index (κ1) is 16.2. The Morgan fingerprint density at radius 2 is 2.18 bits per heavy atom. The Kier molecular flexibility index (Phi) is 4.72. The van der Waals surface area contributed by atoms with Crippen LogP contribution in [0.3, 0.4) is 0 Å². The van der Waals surface area contributed by atoms with Crippen molar-refractivity contribution in [2.45, 2.75) is 63.9 Å². The fourth-order valence-corrected chi connectivity index (χ4v) is 6.07. The number of esters is 2. The minimum Gasteiger partial charge on any atom is -0.463 e. The smallest absolute Gasteiger partial charge is 0.310 e. The lowest BCUT2D eigenvalue weighted by atomic mass is 9.70. The first-order valence-electron chi connectivity index (χ1n) is 8.49. The number of carbonyl (C=O) groups is 2. The first-order chi connectivity index (χ1) is 10.5. The van der Waals surface area contributed by atoms with Gasteiger partial charge in [0.2, 0.25) is 0 Å². The molecule has 3 aliphatic rings. The van der Waals surface area contributed by atoms with Crippen LogP contribution in [0.2, 0.25) is 0 Å². The molecule has 1 heterocycles. The lowest BCUT2D eigenvalue weighted by Crippen LogP contribution is -2.41. The lowest BCUT2D eigenvalue weighted by molar-refractivity contribution is -0.147. The third kappa shape index (κ3) is 3.01. The van der Waals surface area contributed by atoms with Crippen molar-refractivity contribution in [2.24, 2.45) is 23.7 Å². The Labute approximate surface area is 136 Å². The molecule has 2 aliphatic carbocycles. The fraction of sp³-hybridized carbons (Fsp3) is 0.882. The summed E-state index contributed by atoms with van der Waals surface area (Å²) in [6.07, 6.45) is 3.98. The second-order valence-electron chi connectivity index (χ2n) is 7.25. The molecule has 2 saturated carbocycles. The van der Waals surface area contributed by atoms with Gasteiger partial charge >= 0.3 is 11.9 Å². The van der Waals surface area contributed by atoms with E-state index in [4.69, 9.17) is 9.47 Å². The Hall–Kier alpha value is -0.710. The molecule has 22 heavy (non-hydrogen) atoms. The van der Waals surface area contributed by atoms with Gasteiger partial charge in [-0.25, -0.2) is 0 Å². The third-order valence-electron chi connectivity index (χ3n) is 5.32. The van der Waals surface area contributed by atoms with Crippen molar-refractivity contribution in [2.75, 3.05) is 5.75 Å². The highest BCUT2D eigenvalue weighted by Gasteiger charge is 2.58. The molecule has 124 valence electrons. The molecule has 4 nitrogen and oxygen atoms in total. The molecule has 1 saturated heterocycles. The molecule has 1 aliphatic heterocycles. The van der Waals surface area contributed by atoms with Gasteiger partial charge in [0.25, 0.3) is 0 Å². The molecule has 6 atom stereocenters. The fourth-order valence-electron chi connectivity index (χ4n) is 4.58. The van der Waals surface area contributed by atoms with Gasteiger partial charge in [0.05, 0.1) is 18.4 Å². The molecule has 0 amide bonds. The Morgan fingerprint density at radius 1 is 1.41 bits per heavy atom. The summed E-state index contributed by atoms with van der Waals surface area (Å²) < 4.78 is 10.8. The van der Waals surface area contributed by atoms with Crippen molar-refractivity contribution in [1.29, 1.82) is 0 Å². The van der Waals surface area contributed by atoms with Crippen molar-refractivity contribution in [3.63, 3.8) is 0 Å². The number of thioether (sulfide) groups is 1. The largest absolute Gasteiger partial charge is 0.463 e. The summed E-state index contributed by atoms with van der Waals surface area (Å²) >= 11 is 1.77. The molecule has 3 fully saturated rings. The van der Waals surface area contributed by atoms with Crippen molar-refractivity contribution < 1.29 is 19.1 Å². The SMILES string of the molecule is CC(C)OC(=O)CCSC1C(C)CC2CCC3OC(=O)C1C23. The van der Waals surface area contributed by atoms with Crippen molar-refractivity contribution >= 4 is 23.7 Å². The van der Waals surface area contributed by atoms with E-state index in [1.807, 2.05) is 13.8 Å². The van der Waals surface area contributed by atoms with Crippen LogP contribution in [0.15, 0.2) is 0 Å². The Morgan fingerprint density at radius 3 is 2.91 bits per heavy atom. The monoisotopic (exact) mass is 326 g/mol. The van der Waals surface area contributed by atoms with Gasteiger partial charge in [-0.1, -0.05) is 6.92 Å². The van der Waals surface area contributed by atoms with Crippen molar-refractivity contribution in [3.05, 3.63) is 0 Å². The highest BCUT2D eigenvalue weighted by molar-refractivity contribution is 8.00. The van der Waals surface area contributed by atoms with Crippen LogP contribution in [0.4, 0.5) is 0 Å². The summed E-state index contributed by atoms with van der Waals surface area (Å²) in [5.41, 5.74) is 0. The average Bonchev–Trinajstić information content (AvgIpc) is 2.95. The topological polar surface area (TPSA) is 52.6 Å². The standard InChI is InChI=1S/C17H26O4S/c1-9(2)20-13(18)6-7-22-16-10(3)8-11-4-5-12-14(11)15(16)17(19)21-12/h9-12,14-16H,4-8H2,1-3H3. The summed E-state index contributed by atoms with van der Waals surface area (Å²) in [6.45, 7) is 5.98. The molecule has 0 aromatic rings. The van der Waals surface area contributed by atoms with Gasteiger partial charge in [-0.2, -0.15) is 11.8 Å². The van der Waals surface area contributed by atoms with Gasteiger partial charge in [0.15, 0.2) is 0 Å². The number of rotatable bonds is 5. The summed E-state index contributed by atoms with van der Waals surface area (Å²) in [5, 5.41) is 0.295. The molecule has 0 bridgehead atoms. The van der Waals surface area contributed by atoms with Crippen LogP contribution in [0.25, 0.3) is 0 Å². The molecule has 0 N–H and O–H groups in total. The molecule has 0 radical (unpaired) electrons. The van der Waals surface area contributed by atoms with Crippen LogP contribution in [-0.2, 0) is 19.1 Å². The van der Waals surface area contributed by atoms with Gasteiger partial charge < -0.3 is 9.47 Å². The van der Waals surface area contributed by atoms with Crippen LogP contribution in [-0.4, -0.2) is 35.1 Å². The van der Waals surface area contributed by atoms with E-state index in [0.29, 0.717) is 29.4 Å². The number of carbonyl (C=O) groups excluding carboxylic acids is 2. The van der Waals surface area contributed by atoms with E-state index in [9.17, 15) is 9.59 Å². The summed E-state index contributed by atoms with van der Waals surface area (Å²) in [4.78, 5) is 23.9. The zero-order valence-electron chi connectivity index (χ0n) is 13.6. The molecule has 3 rings (SSSR count). The van der Waals surface area contributed by atoms with Crippen LogP contribution >= 0.6 is 11.8 Å². The first-order valence-corrected chi connectivity index (χ1v) is 9.53. The van der Waals surface area contributed by atoms with Crippen molar-refractivity contribution in [1.82, 2.24) is 0 Å². The van der Waals surface area contributed by atoms with Crippen LogP contribution in [0.1, 0.15) is 46.5 Å². The lowest BCUT2D eigenvalue weighted by Gasteiger charge is -2.39. The van der Waals surface area contributed by atoms with E-state index < -0.39 is 0 Å². The summed E-state index contributed by atoms with van der Waals surface area (Å²) in [6, 6.07) is 0. The summed E-state index contributed by atoms with van der Waals surface area (Å²) in [5.74, 6) is 2.26. The minimum absolute atomic E-state index is 0.00788. The normalized spacial score (nSPS) is 39.7. The number of hydrogen-bond donors (Lipinski definition) is 0. The predicted octanol–water partition coefficient (Wildman–Crippen LogP) is 3.04. The number of ether oxygens (including phenoxy) is 2. The van der Waals surface area contributed by atoms with E-state index in [2.05, 4.69) is 6.92 Å². The van der Waals surface area contributed by atoms with Crippen LogP contribution < -0.4 is 0 Å². The highest BCUT2D eigenvalue weighted by atomic mass is 32.2. The minimum atomic E-state index is -0.142. The molecule has 0 aromatic heterocycles. The molecule has 0 spiro atoms. The van der Waals surface area contributed by atoms with E-state index in [0.717, 1.165) is 12.2 Å². The van der Waals surface area contributed by atoms with Gasteiger partial charge in [0.1, 0.15) is 6.10 Å². The second kappa shape index (κ2) is 6.42. The van der Waals surface area contributed by atoms with E-state index in [1.165, 1.54) is 12.8 Å². The maximum Gasteiger partial charge on any atom is 0.310 e. The molecular weight excluding hydrogens is 300 g/mol. The van der Waals surface area contributed by atoms with E-state index in [1.54, 1.807) is 11.8 Å². The Balaban J connectivity index is 1.58. The Bertz CT molecular complexity index is 450. The van der Waals surface area contributed by atoms with Gasteiger partial charge in [-0.3, -0.25) is 9.59 Å². The van der Waals surface area contributed by atoms with Gasteiger partial charge in [-0.15, -0.1) is 0 Å². The maximum absolute atomic E-state index is 12.3.